The second-order valence-corrected chi connectivity index (χ2v) is 5.79. The van der Waals surface area contributed by atoms with Gasteiger partial charge in [-0.05, 0) is 0 Å². The van der Waals surface area contributed by atoms with Gasteiger partial charge in [-0.25, -0.2) is 0 Å². The van der Waals surface area contributed by atoms with Crippen molar-refractivity contribution < 1.29 is 25.1 Å². The van der Waals surface area contributed by atoms with Gasteiger partial charge in [0.2, 0.25) is 0 Å². The van der Waals surface area contributed by atoms with E-state index in [-0.39, 0.29) is 44.4 Å². The van der Waals surface area contributed by atoms with Gasteiger partial charge in [-0.3, -0.25) is 0 Å². The minimum Gasteiger partial charge on any atom is -0.358 e. The van der Waals surface area contributed by atoms with Gasteiger partial charge in [0.15, 0.2) is 0 Å². The molecule has 0 aliphatic heterocycles. The normalized spacial score (nSPS) is 8.65. The molecule has 26 heavy (non-hydrogen) atoms. The van der Waals surface area contributed by atoms with Crippen LogP contribution in [0.4, 0.5) is 0 Å². The quantitative estimate of drug-likeness (QED) is 0.315. The van der Waals surface area contributed by atoms with E-state index in [0.717, 1.165) is 0 Å². The number of nitrogens with one attached hydrogen (secondary N) is 1. The Balaban J connectivity index is -0.000000162. The summed E-state index contributed by atoms with van der Waals surface area (Å²) in [5.74, 6) is 0. The molecule has 3 rings (SSSR count). The van der Waals surface area contributed by atoms with E-state index < -0.39 is 0 Å². The van der Waals surface area contributed by atoms with Crippen molar-refractivity contribution >= 4 is 51.2 Å². The molecule has 148 valence electrons. The molecule has 0 fully saturated rings. The third-order valence-corrected chi connectivity index (χ3v) is 2.52. The first-order valence-corrected chi connectivity index (χ1v) is 8.51. The van der Waals surface area contributed by atoms with Gasteiger partial charge in [-0.15, -0.1) is 70.1 Å². The Morgan fingerprint density at radius 1 is 0.962 bits per heavy atom. The zero-order chi connectivity index (χ0) is 17.9. The van der Waals surface area contributed by atoms with Crippen LogP contribution in [0.3, 0.4) is 0 Å². The summed E-state index contributed by atoms with van der Waals surface area (Å²) in [7, 11) is 0. The number of hydrogen-bond donors (Lipinski definition) is 1. The fraction of sp³-hybridized carbons (Fsp3) is 0.238. The first-order chi connectivity index (χ1) is 10.9. The summed E-state index contributed by atoms with van der Waals surface area (Å²) in [4.78, 5) is 3.25. The molecule has 5 heteroatoms. The third-order valence-electron chi connectivity index (χ3n) is 2.52. The van der Waals surface area contributed by atoms with Crippen LogP contribution < -0.4 is 0 Å². The Bertz CT molecular complexity index is 637. The van der Waals surface area contributed by atoms with Gasteiger partial charge >= 0.3 is 24.8 Å². The number of fused-ring (bicyclic) bond motifs is 3. The van der Waals surface area contributed by atoms with E-state index in [1.54, 1.807) is 20.0 Å². The monoisotopic (exact) mass is 431 g/mol. The molecule has 2 nitrogen and oxygen atoms in total. The van der Waals surface area contributed by atoms with Crippen LogP contribution in [0.2, 0.25) is 0 Å². The van der Waals surface area contributed by atoms with Crippen molar-refractivity contribution in [3.63, 3.8) is 0 Å². The van der Waals surface area contributed by atoms with E-state index in [0.29, 0.717) is 0 Å². The maximum absolute atomic E-state index is 7.46. The molecule has 0 amide bonds. The number of aliphatic hydroxyl groups is 1. The second-order valence-electron chi connectivity index (χ2n) is 5.79. The minimum absolute atomic E-state index is 0. The smallest absolute Gasteiger partial charge is 0.0771 e. The maximum Gasteiger partial charge on any atom is -0.0771 e. The van der Waals surface area contributed by atoms with Gasteiger partial charge in [0.1, 0.15) is 0 Å². The average molecular weight is 432 g/mol. The summed E-state index contributed by atoms with van der Waals surface area (Å²) >= 11 is 1.75. The SMILES string of the molecule is CC(C)(C)[NH-].Cl.Cl.[CH2-]CO.[CH2]=[Ti].[CH3-].c1ccc2c(c1)[cH-]c1ccccc12. The first-order valence-electron chi connectivity index (χ1n) is 7.40. The fourth-order valence-electron chi connectivity index (χ4n) is 1.90. The molecule has 0 heterocycles. The molecule has 3 aromatic carbocycles. The number of hydrogen-bond acceptors (Lipinski definition) is 1. The maximum atomic E-state index is 7.46. The molecule has 0 saturated carbocycles. The van der Waals surface area contributed by atoms with E-state index in [9.17, 15) is 0 Å². The topological polar surface area (TPSA) is 44.0 Å². The van der Waals surface area contributed by atoms with Crippen LogP contribution in [0.1, 0.15) is 20.8 Å². The molecule has 0 aliphatic carbocycles. The molecule has 0 atom stereocenters. The summed E-state index contributed by atoms with van der Waals surface area (Å²) in [6.45, 7) is 8.60. The van der Waals surface area contributed by atoms with Gasteiger partial charge in [0.05, 0.1) is 0 Å². The first kappa shape index (κ1) is 33.0. The van der Waals surface area contributed by atoms with Crippen molar-refractivity contribution in [3.8, 4) is 0 Å². The number of aliphatic hydroxyl groups excluding tert-OH is 1. The van der Waals surface area contributed by atoms with Crippen molar-refractivity contribution in [1.82, 2.24) is 0 Å². The van der Waals surface area contributed by atoms with Crippen LogP contribution in [0.5, 0.6) is 0 Å². The molecule has 0 bridgehead atoms. The molecule has 0 spiro atoms. The van der Waals surface area contributed by atoms with E-state index in [4.69, 9.17) is 10.8 Å². The third kappa shape index (κ3) is 13.6. The van der Waals surface area contributed by atoms with Crippen LogP contribution >= 0.6 is 24.8 Å². The van der Waals surface area contributed by atoms with Crippen LogP contribution in [0.15, 0.2) is 54.6 Å². The molecule has 3 aromatic rings. The van der Waals surface area contributed by atoms with Gasteiger partial charge in [0, 0.05) is 0 Å². The summed E-state index contributed by atoms with van der Waals surface area (Å²) < 4.78 is 0. The summed E-state index contributed by atoms with van der Waals surface area (Å²) in [5.41, 5.74) is 6.69. The Morgan fingerprint density at radius 3 is 1.46 bits per heavy atom. The van der Waals surface area contributed by atoms with Crippen LogP contribution in [0, 0.1) is 14.4 Å². The van der Waals surface area contributed by atoms with Gasteiger partial charge in [0.25, 0.3) is 0 Å². The van der Waals surface area contributed by atoms with Crippen LogP contribution in [-0.2, 0) is 20.0 Å². The van der Waals surface area contributed by atoms with Crippen molar-refractivity contribution in [2.24, 2.45) is 0 Å². The number of rotatable bonds is 0. The van der Waals surface area contributed by atoms with Gasteiger partial charge in [-0.1, -0.05) is 63.8 Å². The molecular formula is C21H31Cl2NOTi-4. The van der Waals surface area contributed by atoms with Gasteiger partial charge < -0.3 is 25.2 Å². The summed E-state index contributed by atoms with van der Waals surface area (Å²) in [6.07, 6.45) is 0. The fourth-order valence-corrected chi connectivity index (χ4v) is 1.90. The Hall–Kier alpha value is -0.606. The number of halogens is 2. The number of benzene rings is 2. The average Bonchev–Trinajstić information content (AvgIpc) is 2.87. The van der Waals surface area contributed by atoms with E-state index in [1.807, 2.05) is 20.8 Å². The molecule has 0 radical (unpaired) electrons. The molecule has 0 unspecified atom stereocenters. The van der Waals surface area contributed by atoms with E-state index >= 15 is 0 Å². The van der Waals surface area contributed by atoms with E-state index in [1.165, 1.54) is 21.5 Å². The van der Waals surface area contributed by atoms with Crippen molar-refractivity contribution in [3.05, 3.63) is 74.7 Å². The Morgan fingerprint density at radius 2 is 1.19 bits per heavy atom. The molecule has 0 aromatic heterocycles. The standard InChI is InChI=1S/C13H9.C4H10N.C2H5O.CH3.CH2.2ClH.Ti/c1-3-7-12-10(5-1)9-11-6-2-4-8-13(11)12;1-4(2,3)5;1-2-3;;;;;/h1-9H;5H,1-3H3;3H,1-2H2;1H3;1H2;2*1H;/q4*-1;;;;. The van der Waals surface area contributed by atoms with Crippen molar-refractivity contribution in [1.29, 1.82) is 0 Å². The van der Waals surface area contributed by atoms with Gasteiger partial charge in [-0.2, -0.15) is 0 Å². The van der Waals surface area contributed by atoms with Crippen LogP contribution in [-0.4, -0.2) is 22.1 Å². The second kappa shape index (κ2) is 17.8. The predicted molar refractivity (Wildman–Crippen MR) is 122 cm³/mol. The molecular weight excluding hydrogens is 401 g/mol. The Labute approximate surface area is 183 Å². The zero-order valence-electron chi connectivity index (χ0n) is 16.1. The molecule has 0 aliphatic rings. The largest absolute Gasteiger partial charge is 0.358 e. The van der Waals surface area contributed by atoms with Crippen LogP contribution in [0.25, 0.3) is 27.3 Å². The zero-order valence-corrected chi connectivity index (χ0v) is 19.3. The summed E-state index contributed by atoms with van der Waals surface area (Å²) in [5, 5.41) is 12.9. The van der Waals surface area contributed by atoms with E-state index in [2.05, 4.69) is 66.3 Å². The van der Waals surface area contributed by atoms with Crippen molar-refractivity contribution in [2.45, 2.75) is 26.3 Å². The predicted octanol–water partition coefficient (Wildman–Crippen LogP) is 6.62. The van der Waals surface area contributed by atoms with Crippen molar-refractivity contribution in [2.75, 3.05) is 6.61 Å². The minimum atomic E-state index is -0.250. The molecule has 2 N–H and O–H groups in total. The summed E-state index contributed by atoms with van der Waals surface area (Å²) in [6, 6.07) is 19.3. The molecule has 0 saturated heterocycles. The Kier molecular flexibility index (Phi) is 22.6.